The van der Waals surface area contributed by atoms with Gasteiger partial charge < -0.3 is 14.2 Å². The van der Waals surface area contributed by atoms with Crippen molar-refractivity contribution < 1.29 is 9.21 Å². The summed E-state index contributed by atoms with van der Waals surface area (Å²) >= 11 is 0. The van der Waals surface area contributed by atoms with Crippen molar-refractivity contribution in [2.24, 2.45) is 0 Å². The van der Waals surface area contributed by atoms with Crippen LogP contribution in [0.1, 0.15) is 59.9 Å². The molecule has 6 nitrogen and oxygen atoms in total. The molecule has 0 aromatic carbocycles. The molecule has 1 aliphatic heterocycles. The van der Waals surface area contributed by atoms with Gasteiger partial charge in [-0.25, -0.2) is 0 Å². The maximum atomic E-state index is 13.2. The van der Waals surface area contributed by atoms with Gasteiger partial charge in [-0.3, -0.25) is 9.48 Å². The van der Waals surface area contributed by atoms with Gasteiger partial charge in [-0.2, -0.15) is 5.10 Å². The van der Waals surface area contributed by atoms with Crippen molar-refractivity contribution in [2.75, 3.05) is 20.1 Å². The molecule has 0 radical (unpaired) electrons. The third kappa shape index (κ3) is 3.68. The number of amides is 1. The number of furan rings is 1. The van der Waals surface area contributed by atoms with E-state index in [2.05, 4.69) is 11.8 Å². The van der Waals surface area contributed by atoms with Crippen LogP contribution >= 0.6 is 0 Å². The minimum absolute atomic E-state index is 0.0129. The Kier molecular flexibility index (Phi) is 5.34. The summed E-state index contributed by atoms with van der Waals surface area (Å²) in [6.45, 7) is 5.86. The number of piperidine rings is 1. The van der Waals surface area contributed by atoms with Gasteiger partial charge in [0.2, 0.25) is 0 Å². The molecule has 0 spiro atoms. The lowest BCUT2D eigenvalue weighted by Gasteiger charge is -2.37. The largest absolute Gasteiger partial charge is 0.472 e. The minimum Gasteiger partial charge on any atom is -0.472 e. The molecule has 146 valence electrons. The van der Waals surface area contributed by atoms with Crippen molar-refractivity contribution in [2.45, 2.75) is 64.6 Å². The van der Waals surface area contributed by atoms with Crippen LogP contribution in [-0.4, -0.2) is 51.7 Å². The lowest BCUT2D eigenvalue weighted by molar-refractivity contribution is 0.0776. The summed E-state index contributed by atoms with van der Waals surface area (Å²) in [5, 5.41) is 4.72. The topological polar surface area (TPSA) is 54.5 Å². The molecule has 1 fully saturated rings. The van der Waals surface area contributed by atoms with Crippen LogP contribution in [0.3, 0.4) is 0 Å². The molecule has 1 atom stereocenters. The van der Waals surface area contributed by atoms with Crippen LogP contribution in [0.2, 0.25) is 0 Å². The van der Waals surface area contributed by atoms with E-state index in [-0.39, 0.29) is 5.91 Å². The highest BCUT2D eigenvalue weighted by Crippen LogP contribution is 2.29. The second-order valence-corrected chi connectivity index (χ2v) is 7.88. The summed E-state index contributed by atoms with van der Waals surface area (Å²) in [6.07, 6.45) is 10.4. The fourth-order valence-electron chi connectivity index (χ4n) is 4.61. The number of aromatic nitrogens is 2. The predicted octanol–water partition coefficient (Wildman–Crippen LogP) is 3.11. The van der Waals surface area contributed by atoms with E-state index in [1.807, 2.05) is 17.8 Å². The Balaban J connectivity index is 1.56. The summed E-state index contributed by atoms with van der Waals surface area (Å²) in [4.78, 5) is 17.5. The van der Waals surface area contributed by atoms with E-state index >= 15 is 0 Å². The van der Waals surface area contributed by atoms with Gasteiger partial charge in [0, 0.05) is 43.0 Å². The first-order valence-corrected chi connectivity index (χ1v) is 10.3. The number of fused-ring (bicyclic) bond motifs is 1. The van der Waals surface area contributed by atoms with Crippen molar-refractivity contribution in [3.63, 3.8) is 0 Å². The highest BCUT2D eigenvalue weighted by molar-refractivity contribution is 5.94. The molecule has 0 N–H and O–H groups in total. The second-order valence-electron chi connectivity index (χ2n) is 7.88. The fraction of sp³-hybridized carbons (Fsp3) is 0.619. The molecular weight excluding hydrogens is 340 g/mol. The number of hydrogen-bond donors (Lipinski definition) is 0. The molecule has 1 aliphatic carbocycles. The van der Waals surface area contributed by atoms with Crippen LogP contribution in [-0.2, 0) is 25.9 Å². The van der Waals surface area contributed by atoms with Crippen LogP contribution in [0, 0.1) is 0 Å². The third-order valence-electron chi connectivity index (χ3n) is 6.08. The van der Waals surface area contributed by atoms with Crippen molar-refractivity contribution in [1.82, 2.24) is 19.6 Å². The van der Waals surface area contributed by atoms with E-state index in [9.17, 15) is 4.79 Å². The van der Waals surface area contributed by atoms with Crippen molar-refractivity contribution in [3.05, 3.63) is 41.1 Å². The predicted molar refractivity (Wildman–Crippen MR) is 104 cm³/mol. The molecule has 0 saturated carbocycles. The third-order valence-corrected chi connectivity index (χ3v) is 6.08. The molecule has 27 heavy (non-hydrogen) atoms. The summed E-state index contributed by atoms with van der Waals surface area (Å²) in [5.41, 5.74) is 4.11. The average molecular weight is 370 g/mol. The van der Waals surface area contributed by atoms with E-state index in [0.717, 1.165) is 24.9 Å². The van der Waals surface area contributed by atoms with Crippen molar-refractivity contribution >= 4 is 5.91 Å². The van der Waals surface area contributed by atoms with Gasteiger partial charge >= 0.3 is 0 Å². The Morgan fingerprint density at radius 2 is 2.15 bits per heavy atom. The zero-order valence-electron chi connectivity index (χ0n) is 16.5. The molecule has 4 rings (SSSR count). The first-order chi connectivity index (χ1) is 13.2. The Hall–Kier alpha value is -2.08. The normalized spacial score (nSPS) is 20.4. The highest BCUT2D eigenvalue weighted by atomic mass is 16.3. The maximum absolute atomic E-state index is 13.2. The molecule has 2 aromatic heterocycles. The average Bonchev–Trinajstić information content (AvgIpc) is 3.35. The summed E-state index contributed by atoms with van der Waals surface area (Å²) in [5.74, 6) is 0.0129. The number of hydrogen-bond acceptors (Lipinski definition) is 4. The first kappa shape index (κ1) is 18.3. The van der Waals surface area contributed by atoms with Crippen molar-refractivity contribution in [3.8, 4) is 0 Å². The fourth-order valence-corrected chi connectivity index (χ4v) is 4.61. The van der Waals surface area contributed by atoms with E-state index in [1.54, 1.807) is 17.4 Å². The lowest BCUT2D eigenvalue weighted by Crippen LogP contribution is -2.42. The van der Waals surface area contributed by atoms with Gasteiger partial charge in [-0.15, -0.1) is 0 Å². The highest BCUT2D eigenvalue weighted by Gasteiger charge is 2.32. The number of rotatable bonds is 5. The lowest BCUT2D eigenvalue weighted by atomic mass is 9.89. The molecule has 6 heteroatoms. The molecule has 1 saturated heterocycles. The van der Waals surface area contributed by atoms with Gasteiger partial charge in [-0.05, 0) is 58.2 Å². The molecule has 3 heterocycles. The van der Waals surface area contributed by atoms with Gasteiger partial charge in [0.15, 0.2) is 5.69 Å². The summed E-state index contributed by atoms with van der Waals surface area (Å²) < 4.78 is 7.17. The first-order valence-electron chi connectivity index (χ1n) is 10.3. The molecule has 2 aliphatic rings. The number of nitrogens with zero attached hydrogens (tertiary/aromatic N) is 4. The number of carbonyl (C=O) groups excluding carboxylic acids is 1. The van der Waals surface area contributed by atoms with E-state index in [1.165, 1.54) is 50.0 Å². The molecular formula is C21H30N4O2. The van der Waals surface area contributed by atoms with Gasteiger partial charge in [0.05, 0.1) is 12.5 Å². The van der Waals surface area contributed by atoms with E-state index < -0.39 is 0 Å². The number of carbonyl (C=O) groups is 1. The van der Waals surface area contributed by atoms with Crippen LogP contribution in [0.4, 0.5) is 0 Å². The Labute approximate surface area is 161 Å². The van der Waals surface area contributed by atoms with Gasteiger partial charge in [0.1, 0.15) is 0 Å². The standard InChI is InChI=1S/C21H30N4O2/c1-3-25-19-8-7-17(24-10-5-4-6-11-24)13-18(19)20(22-25)21(26)23(2)14-16-9-12-27-15-16/h9,12,15,17H,3-8,10-11,13-14H2,1-2H3. The number of likely N-dealkylation sites (tertiary alicyclic amines) is 1. The molecule has 1 unspecified atom stereocenters. The van der Waals surface area contributed by atoms with Crippen LogP contribution in [0.15, 0.2) is 23.0 Å². The monoisotopic (exact) mass is 370 g/mol. The Bertz CT molecular complexity index is 774. The minimum atomic E-state index is 0.0129. The molecule has 1 amide bonds. The Morgan fingerprint density at radius 3 is 2.85 bits per heavy atom. The van der Waals surface area contributed by atoms with Crippen molar-refractivity contribution in [1.29, 1.82) is 0 Å². The second kappa shape index (κ2) is 7.89. The van der Waals surface area contributed by atoms with Crippen LogP contribution in [0.25, 0.3) is 0 Å². The smallest absolute Gasteiger partial charge is 0.274 e. The maximum Gasteiger partial charge on any atom is 0.274 e. The zero-order chi connectivity index (χ0) is 18.8. The molecule has 0 bridgehead atoms. The van der Waals surface area contributed by atoms with E-state index in [0.29, 0.717) is 18.3 Å². The Morgan fingerprint density at radius 1 is 1.33 bits per heavy atom. The number of aryl methyl sites for hydroxylation is 1. The van der Waals surface area contributed by atoms with Gasteiger partial charge in [0.25, 0.3) is 5.91 Å². The zero-order valence-corrected chi connectivity index (χ0v) is 16.5. The molecule has 2 aromatic rings. The van der Waals surface area contributed by atoms with Crippen LogP contribution < -0.4 is 0 Å². The summed E-state index contributed by atoms with van der Waals surface area (Å²) in [6, 6.07) is 2.45. The van der Waals surface area contributed by atoms with Gasteiger partial charge in [-0.1, -0.05) is 6.42 Å². The quantitative estimate of drug-likeness (QED) is 0.811. The van der Waals surface area contributed by atoms with E-state index in [4.69, 9.17) is 9.52 Å². The van der Waals surface area contributed by atoms with Crippen LogP contribution in [0.5, 0.6) is 0 Å². The SMILES string of the molecule is CCn1nc(C(=O)N(C)Cc2ccoc2)c2c1CCC(N1CCCCC1)C2. The summed E-state index contributed by atoms with van der Waals surface area (Å²) in [7, 11) is 1.84.